The van der Waals surface area contributed by atoms with Crippen molar-refractivity contribution in [1.82, 2.24) is 5.32 Å². The zero-order chi connectivity index (χ0) is 21.2. The summed E-state index contributed by atoms with van der Waals surface area (Å²) in [6, 6.07) is 0. The number of hydrogen-bond acceptors (Lipinski definition) is 4. The second-order valence-corrected chi connectivity index (χ2v) is 9.87. The van der Waals surface area contributed by atoms with Crippen molar-refractivity contribution >= 4 is 11.5 Å². The number of carbonyl (C=O) groups is 1. The number of ether oxygens (including phenoxy) is 1. The summed E-state index contributed by atoms with van der Waals surface area (Å²) in [5, 5.41) is 3.45. The maximum absolute atomic E-state index is 12.6. The maximum Gasteiger partial charge on any atom is 0.162 e. The zero-order valence-corrected chi connectivity index (χ0v) is 18.9. The lowest BCUT2D eigenvalue weighted by atomic mass is 9.66. The monoisotopic (exact) mass is 420 g/mol. The molecule has 1 saturated carbocycles. The van der Waals surface area contributed by atoms with E-state index >= 15 is 0 Å². The third kappa shape index (κ3) is 4.50. The van der Waals surface area contributed by atoms with Crippen molar-refractivity contribution in [2.45, 2.75) is 83.8 Å². The minimum atomic E-state index is -0.0825. The quantitative estimate of drug-likeness (QED) is 0.463. The highest BCUT2D eigenvalue weighted by molar-refractivity contribution is 6.03. The minimum absolute atomic E-state index is 0.0825. The van der Waals surface area contributed by atoms with E-state index in [2.05, 4.69) is 36.5 Å². The summed E-state index contributed by atoms with van der Waals surface area (Å²) in [7, 11) is 0. The molecule has 4 atom stereocenters. The summed E-state index contributed by atoms with van der Waals surface area (Å²) >= 11 is 0. The average molecular weight is 421 g/mol. The van der Waals surface area contributed by atoms with Gasteiger partial charge >= 0.3 is 0 Å². The molecule has 1 N–H and O–H groups in total. The van der Waals surface area contributed by atoms with Crippen LogP contribution in [-0.4, -0.2) is 24.3 Å². The van der Waals surface area contributed by atoms with Gasteiger partial charge in [0.2, 0.25) is 0 Å². The molecule has 31 heavy (non-hydrogen) atoms. The number of carbonyl (C=O) groups excluding carboxylic acids is 1. The maximum atomic E-state index is 12.6. The Morgan fingerprint density at radius 2 is 2.10 bits per heavy atom. The average Bonchev–Trinajstić information content (AvgIpc) is 2.81. The molecule has 1 fully saturated rings. The number of hydrogen-bond donors (Lipinski definition) is 1. The largest absolute Gasteiger partial charge is 0.358 e. The van der Waals surface area contributed by atoms with Gasteiger partial charge in [0.1, 0.15) is 12.0 Å². The Hall–Kier alpha value is -1.94. The van der Waals surface area contributed by atoms with Crippen molar-refractivity contribution in [3.05, 3.63) is 46.8 Å². The molecule has 0 amide bonds. The van der Waals surface area contributed by atoms with Gasteiger partial charge in [0, 0.05) is 25.0 Å². The Labute approximate surface area is 186 Å². The fourth-order valence-electron chi connectivity index (χ4n) is 5.97. The molecule has 5 aliphatic rings. The van der Waals surface area contributed by atoms with Crippen LogP contribution in [-0.2, 0) is 9.53 Å². The summed E-state index contributed by atoms with van der Waals surface area (Å²) in [6.07, 6.45) is 21.1. The molecule has 0 aromatic heterocycles. The van der Waals surface area contributed by atoms with Gasteiger partial charge in [-0.1, -0.05) is 36.8 Å². The van der Waals surface area contributed by atoms with Crippen molar-refractivity contribution in [1.29, 1.82) is 0 Å². The Balaban J connectivity index is 1.40. The molecule has 1 aliphatic heterocycles. The molecule has 4 nitrogen and oxygen atoms in total. The highest BCUT2D eigenvalue weighted by Gasteiger charge is 2.35. The van der Waals surface area contributed by atoms with Gasteiger partial charge in [-0.05, 0) is 81.1 Å². The molecule has 0 radical (unpaired) electrons. The highest BCUT2D eigenvalue weighted by atomic mass is 16.5. The summed E-state index contributed by atoms with van der Waals surface area (Å²) in [4.78, 5) is 17.6. The number of ketones is 1. The molecule has 0 saturated heterocycles. The van der Waals surface area contributed by atoms with Crippen LogP contribution in [0.5, 0.6) is 0 Å². The predicted molar refractivity (Wildman–Crippen MR) is 125 cm³/mol. The fourth-order valence-corrected chi connectivity index (χ4v) is 5.97. The van der Waals surface area contributed by atoms with Crippen LogP contribution in [0, 0.1) is 17.8 Å². The number of nitrogens with one attached hydrogen (secondary N) is 1. The molecular formula is C27H36N2O2. The zero-order valence-electron chi connectivity index (χ0n) is 18.9. The first-order chi connectivity index (χ1) is 15.2. The smallest absolute Gasteiger partial charge is 0.162 e. The molecule has 0 bridgehead atoms. The van der Waals surface area contributed by atoms with E-state index in [-0.39, 0.29) is 12.0 Å². The van der Waals surface area contributed by atoms with Gasteiger partial charge in [-0.2, -0.15) is 0 Å². The Kier molecular flexibility index (Phi) is 6.27. The molecule has 0 spiro atoms. The van der Waals surface area contributed by atoms with E-state index in [4.69, 9.17) is 9.73 Å². The summed E-state index contributed by atoms with van der Waals surface area (Å²) in [5.74, 6) is 3.13. The van der Waals surface area contributed by atoms with Gasteiger partial charge in [0.15, 0.2) is 5.78 Å². The van der Waals surface area contributed by atoms with Gasteiger partial charge in [-0.15, -0.1) is 0 Å². The van der Waals surface area contributed by atoms with Gasteiger partial charge in [0.25, 0.3) is 0 Å². The molecule has 166 valence electrons. The van der Waals surface area contributed by atoms with Crippen molar-refractivity contribution < 1.29 is 9.53 Å². The second-order valence-electron chi connectivity index (χ2n) is 9.87. The van der Waals surface area contributed by atoms with Crippen LogP contribution in [0.1, 0.15) is 77.6 Å². The van der Waals surface area contributed by atoms with Crippen LogP contribution >= 0.6 is 0 Å². The molecular weight excluding hydrogens is 384 g/mol. The topological polar surface area (TPSA) is 50.7 Å². The van der Waals surface area contributed by atoms with Crippen LogP contribution in [0.25, 0.3) is 0 Å². The standard InChI is InChI=1S/C27H36N2O2/c1-2-13-31-26-17-24(28-27(29-26)23-9-5-6-10-25(23)30)21-12-11-20-14-18-7-3-4-8-19(18)15-22(20)16-21/h3,7,12,15,18,20,22,26,29H,2,4-6,8-11,13-14,16-17H2,1H3. The number of aliphatic imine (C=N–C) groups is 1. The lowest BCUT2D eigenvalue weighted by molar-refractivity contribution is -0.116. The van der Waals surface area contributed by atoms with E-state index in [0.29, 0.717) is 18.3 Å². The van der Waals surface area contributed by atoms with Crippen LogP contribution in [0.3, 0.4) is 0 Å². The van der Waals surface area contributed by atoms with Crippen LogP contribution in [0.2, 0.25) is 0 Å². The molecule has 4 aliphatic carbocycles. The summed E-state index contributed by atoms with van der Waals surface area (Å²) < 4.78 is 6.10. The highest BCUT2D eigenvalue weighted by Crippen LogP contribution is 2.45. The summed E-state index contributed by atoms with van der Waals surface area (Å²) in [6.45, 7) is 2.86. The Morgan fingerprint density at radius 3 is 2.97 bits per heavy atom. The summed E-state index contributed by atoms with van der Waals surface area (Å²) in [5.41, 5.74) is 5.08. The van der Waals surface area contributed by atoms with Crippen molar-refractivity contribution in [2.75, 3.05) is 6.61 Å². The number of Topliss-reactive ketones (excluding diaryl/α,β-unsaturated/α-hetero) is 1. The van der Waals surface area contributed by atoms with Crippen LogP contribution < -0.4 is 5.32 Å². The van der Waals surface area contributed by atoms with Gasteiger partial charge in [0.05, 0.1) is 5.71 Å². The van der Waals surface area contributed by atoms with Crippen molar-refractivity contribution in [2.24, 2.45) is 22.7 Å². The van der Waals surface area contributed by atoms with E-state index in [1.54, 1.807) is 5.57 Å². The van der Waals surface area contributed by atoms with E-state index in [0.717, 1.165) is 74.6 Å². The number of allylic oxidation sites excluding steroid dienone is 7. The van der Waals surface area contributed by atoms with Gasteiger partial charge in [-0.3, -0.25) is 4.79 Å². The molecule has 5 rings (SSSR count). The number of fused-ring (bicyclic) bond motifs is 2. The first-order valence-electron chi connectivity index (χ1n) is 12.5. The first-order valence-corrected chi connectivity index (χ1v) is 12.5. The van der Waals surface area contributed by atoms with E-state index in [1.165, 1.54) is 24.8 Å². The van der Waals surface area contributed by atoms with Crippen molar-refractivity contribution in [3.8, 4) is 0 Å². The second kappa shape index (κ2) is 9.28. The number of nitrogens with zero attached hydrogens (tertiary/aromatic N) is 1. The Morgan fingerprint density at radius 1 is 1.19 bits per heavy atom. The normalized spacial score (nSPS) is 35.4. The Bertz CT molecular complexity index is 876. The van der Waals surface area contributed by atoms with Gasteiger partial charge < -0.3 is 10.1 Å². The third-order valence-corrected chi connectivity index (χ3v) is 7.68. The molecule has 4 unspecified atom stereocenters. The van der Waals surface area contributed by atoms with Gasteiger partial charge in [-0.25, -0.2) is 4.99 Å². The number of rotatable bonds is 4. The molecule has 0 aromatic carbocycles. The molecule has 0 aromatic rings. The third-order valence-electron chi connectivity index (χ3n) is 7.68. The lowest BCUT2D eigenvalue weighted by Gasteiger charge is -2.39. The minimum Gasteiger partial charge on any atom is -0.358 e. The predicted octanol–water partition coefficient (Wildman–Crippen LogP) is 5.78. The molecule has 1 heterocycles. The van der Waals surface area contributed by atoms with E-state index in [1.807, 2.05) is 0 Å². The lowest BCUT2D eigenvalue weighted by Crippen LogP contribution is -2.40. The van der Waals surface area contributed by atoms with E-state index in [9.17, 15) is 4.79 Å². The van der Waals surface area contributed by atoms with E-state index < -0.39 is 0 Å². The van der Waals surface area contributed by atoms with Crippen LogP contribution in [0.15, 0.2) is 51.8 Å². The molecule has 4 heteroatoms. The van der Waals surface area contributed by atoms with Crippen LogP contribution in [0.4, 0.5) is 0 Å². The first kappa shape index (κ1) is 20.9. The fraction of sp³-hybridized carbons (Fsp3) is 0.630. The SMILES string of the molecule is CCCOC1CC(C2=CCC3CC4C=CCCC4=CC3C2)=NC(=C2CCCCC2=O)N1. The van der Waals surface area contributed by atoms with Crippen molar-refractivity contribution in [3.63, 3.8) is 0 Å².